The third-order valence-corrected chi connectivity index (χ3v) is 3.21. The molecule has 1 heterocycles. The van der Waals surface area contributed by atoms with Gasteiger partial charge in [-0.1, -0.05) is 0 Å². The summed E-state index contributed by atoms with van der Waals surface area (Å²) in [5.41, 5.74) is 1.67. The zero-order valence-electron chi connectivity index (χ0n) is 12.6. The third-order valence-electron chi connectivity index (χ3n) is 3.21. The molecule has 0 bridgehead atoms. The fraction of sp³-hybridized carbons (Fsp3) is 0.312. The first-order chi connectivity index (χ1) is 10.7. The van der Waals surface area contributed by atoms with Crippen molar-refractivity contribution < 1.29 is 9.47 Å². The lowest BCUT2D eigenvalue weighted by Gasteiger charge is -2.09. The Morgan fingerprint density at radius 1 is 1.27 bits per heavy atom. The highest BCUT2D eigenvalue weighted by atomic mass is 16.5. The molecule has 0 radical (unpaired) electrons. The summed E-state index contributed by atoms with van der Waals surface area (Å²) in [6.07, 6.45) is 0.0531. The Bertz CT molecular complexity index is 730. The maximum absolute atomic E-state index is 12.2. The SMILES string of the molecule is COCCn1nc(-c2ccc(OC)cc2)cc(CC#N)c1=O. The summed E-state index contributed by atoms with van der Waals surface area (Å²) in [4.78, 5) is 12.2. The van der Waals surface area contributed by atoms with Gasteiger partial charge >= 0.3 is 0 Å². The van der Waals surface area contributed by atoms with Gasteiger partial charge in [-0.15, -0.1) is 0 Å². The van der Waals surface area contributed by atoms with Gasteiger partial charge in [-0.25, -0.2) is 4.68 Å². The molecule has 114 valence electrons. The Kier molecular flexibility index (Phi) is 5.28. The van der Waals surface area contributed by atoms with Gasteiger partial charge in [0.15, 0.2) is 0 Å². The standard InChI is InChI=1S/C16H17N3O3/c1-21-10-9-19-16(20)13(7-8-17)11-15(18-19)12-3-5-14(22-2)6-4-12/h3-6,11H,7,9-10H2,1-2H3. The molecule has 6 nitrogen and oxygen atoms in total. The first-order valence-corrected chi connectivity index (χ1v) is 6.81. The van der Waals surface area contributed by atoms with E-state index < -0.39 is 0 Å². The van der Waals surface area contributed by atoms with E-state index in [-0.39, 0.29) is 12.0 Å². The van der Waals surface area contributed by atoms with Crippen molar-refractivity contribution in [2.45, 2.75) is 13.0 Å². The van der Waals surface area contributed by atoms with Crippen LogP contribution in [0.5, 0.6) is 5.75 Å². The van der Waals surface area contributed by atoms with Crippen LogP contribution in [0.3, 0.4) is 0 Å². The Balaban J connectivity index is 2.47. The molecule has 0 spiro atoms. The number of methoxy groups -OCH3 is 2. The molecule has 0 atom stereocenters. The van der Waals surface area contributed by atoms with Gasteiger partial charge in [0.1, 0.15) is 5.75 Å². The summed E-state index contributed by atoms with van der Waals surface area (Å²) in [5.74, 6) is 0.744. The van der Waals surface area contributed by atoms with Gasteiger partial charge in [0.2, 0.25) is 0 Å². The number of nitriles is 1. The molecule has 22 heavy (non-hydrogen) atoms. The van der Waals surface area contributed by atoms with Gasteiger partial charge in [-0.3, -0.25) is 4.79 Å². The third kappa shape index (κ3) is 3.51. The van der Waals surface area contributed by atoms with Crippen molar-refractivity contribution in [3.8, 4) is 23.1 Å². The lowest BCUT2D eigenvalue weighted by Crippen LogP contribution is -2.28. The minimum absolute atomic E-state index is 0.0531. The first kappa shape index (κ1) is 15.7. The van der Waals surface area contributed by atoms with Crippen LogP contribution >= 0.6 is 0 Å². The van der Waals surface area contributed by atoms with Crippen molar-refractivity contribution in [1.82, 2.24) is 9.78 Å². The summed E-state index contributed by atoms with van der Waals surface area (Å²) in [5, 5.41) is 13.2. The fourth-order valence-electron chi connectivity index (χ4n) is 2.04. The molecular formula is C16H17N3O3. The smallest absolute Gasteiger partial charge is 0.271 e. The van der Waals surface area contributed by atoms with Crippen molar-refractivity contribution in [2.75, 3.05) is 20.8 Å². The minimum Gasteiger partial charge on any atom is -0.497 e. The molecule has 1 aromatic heterocycles. The lowest BCUT2D eigenvalue weighted by atomic mass is 10.1. The number of ether oxygens (including phenoxy) is 2. The Hall–Kier alpha value is -2.65. The second kappa shape index (κ2) is 7.38. The van der Waals surface area contributed by atoms with Crippen LogP contribution in [0.15, 0.2) is 35.1 Å². The van der Waals surface area contributed by atoms with E-state index in [1.165, 1.54) is 4.68 Å². The van der Waals surface area contributed by atoms with Crippen molar-refractivity contribution in [3.63, 3.8) is 0 Å². The quantitative estimate of drug-likeness (QED) is 0.810. The van der Waals surface area contributed by atoms with Crippen molar-refractivity contribution >= 4 is 0 Å². The van der Waals surface area contributed by atoms with Crippen LogP contribution in [0.25, 0.3) is 11.3 Å². The number of benzene rings is 1. The minimum atomic E-state index is -0.254. The summed E-state index contributed by atoms with van der Waals surface area (Å²) in [7, 11) is 3.16. The van der Waals surface area contributed by atoms with E-state index in [1.807, 2.05) is 30.3 Å². The molecular weight excluding hydrogens is 282 g/mol. The van der Waals surface area contributed by atoms with Gasteiger partial charge in [-0.2, -0.15) is 10.4 Å². The molecule has 0 N–H and O–H groups in total. The van der Waals surface area contributed by atoms with E-state index >= 15 is 0 Å². The van der Waals surface area contributed by atoms with Gasteiger partial charge < -0.3 is 9.47 Å². The summed E-state index contributed by atoms with van der Waals surface area (Å²) < 4.78 is 11.5. The van der Waals surface area contributed by atoms with Crippen LogP contribution in [0.1, 0.15) is 5.56 Å². The van der Waals surface area contributed by atoms with Crippen LogP contribution in [0, 0.1) is 11.3 Å². The molecule has 6 heteroatoms. The molecule has 2 aromatic rings. The highest BCUT2D eigenvalue weighted by Gasteiger charge is 2.10. The molecule has 0 aliphatic heterocycles. The molecule has 0 saturated carbocycles. The van der Waals surface area contributed by atoms with Gasteiger partial charge in [0, 0.05) is 18.2 Å². The largest absolute Gasteiger partial charge is 0.497 e. The molecule has 2 rings (SSSR count). The average Bonchev–Trinajstić information content (AvgIpc) is 2.56. The monoisotopic (exact) mass is 299 g/mol. The molecule has 0 fully saturated rings. The second-order valence-corrected chi connectivity index (χ2v) is 4.64. The summed E-state index contributed by atoms with van der Waals surface area (Å²) in [6, 6.07) is 11.1. The highest BCUT2D eigenvalue weighted by molar-refractivity contribution is 5.60. The fourth-order valence-corrected chi connectivity index (χ4v) is 2.04. The Morgan fingerprint density at radius 3 is 2.59 bits per heavy atom. The van der Waals surface area contributed by atoms with Crippen LogP contribution < -0.4 is 10.3 Å². The van der Waals surface area contributed by atoms with E-state index in [9.17, 15) is 4.79 Å². The van der Waals surface area contributed by atoms with Gasteiger partial charge in [-0.05, 0) is 30.3 Å². The lowest BCUT2D eigenvalue weighted by molar-refractivity contribution is 0.182. The molecule has 0 amide bonds. The van der Waals surface area contributed by atoms with Gasteiger partial charge in [0.25, 0.3) is 5.56 Å². The predicted molar refractivity (Wildman–Crippen MR) is 81.7 cm³/mol. The van der Waals surface area contributed by atoms with E-state index in [2.05, 4.69) is 5.10 Å². The van der Waals surface area contributed by atoms with E-state index in [0.29, 0.717) is 24.4 Å². The van der Waals surface area contributed by atoms with Crippen LogP contribution in [0.4, 0.5) is 0 Å². The maximum Gasteiger partial charge on any atom is 0.271 e. The predicted octanol–water partition coefficient (Wildman–Crippen LogP) is 1.63. The summed E-state index contributed by atoms with van der Waals surface area (Å²) >= 11 is 0. The average molecular weight is 299 g/mol. The number of nitrogens with zero attached hydrogens (tertiary/aromatic N) is 3. The molecule has 0 unspecified atom stereocenters. The van der Waals surface area contributed by atoms with Crippen molar-refractivity contribution in [1.29, 1.82) is 5.26 Å². The first-order valence-electron chi connectivity index (χ1n) is 6.81. The van der Waals surface area contributed by atoms with E-state index in [1.54, 1.807) is 20.3 Å². The molecule has 0 aliphatic rings. The van der Waals surface area contributed by atoms with Crippen LogP contribution in [0.2, 0.25) is 0 Å². The highest BCUT2D eigenvalue weighted by Crippen LogP contribution is 2.20. The number of rotatable bonds is 6. The zero-order chi connectivity index (χ0) is 15.9. The molecule has 0 aliphatic carbocycles. The van der Waals surface area contributed by atoms with E-state index in [0.717, 1.165) is 11.3 Å². The Labute approximate surface area is 128 Å². The van der Waals surface area contributed by atoms with Gasteiger partial charge in [0.05, 0.1) is 38.4 Å². The van der Waals surface area contributed by atoms with Crippen molar-refractivity contribution in [3.05, 3.63) is 46.2 Å². The second-order valence-electron chi connectivity index (χ2n) is 4.64. The van der Waals surface area contributed by atoms with Crippen molar-refractivity contribution in [2.24, 2.45) is 0 Å². The molecule has 1 aromatic carbocycles. The topological polar surface area (TPSA) is 77.1 Å². The Morgan fingerprint density at radius 2 is 2.00 bits per heavy atom. The number of hydrogen-bond donors (Lipinski definition) is 0. The molecule has 0 saturated heterocycles. The maximum atomic E-state index is 12.2. The number of hydrogen-bond acceptors (Lipinski definition) is 5. The van der Waals surface area contributed by atoms with Crippen LogP contribution in [-0.4, -0.2) is 30.6 Å². The van der Waals surface area contributed by atoms with E-state index in [4.69, 9.17) is 14.7 Å². The normalized spacial score (nSPS) is 10.2. The number of aromatic nitrogens is 2. The van der Waals surface area contributed by atoms with Crippen LogP contribution in [-0.2, 0) is 17.7 Å². The zero-order valence-corrected chi connectivity index (χ0v) is 12.6. The summed E-state index contributed by atoms with van der Waals surface area (Å²) in [6.45, 7) is 0.725.